The zero-order valence-corrected chi connectivity index (χ0v) is 21.4. The molecule has 0 amide bonds. The van der Waals surface area contributed by atoms with Crippen LogP contribution in [0.3, 0.4) is 0 Å². The van der Waals surface area contributed by atoms with Gasteiger partial charge in [-0.15, -0.1) is 70.8 Å². The van der Waals surface area contributed by atoms with Crippen LogP contribution in [0, 0.1) is 39.7 Å². The maximum atomic E-state index is 7.26. The van der Waals surface area contributed by atoms with E-state index in [9.17, 15) is 0 Å². The summed E-state index contributed by atoms with van der Waals surface area (Å²) in [7, 11) is 2.00. The number of hydrogen-bond acceptors (Lipinski definition) is 4. The van der Waals surface area contributed by atoms with Crippen LogP contribution in [-0.2, 0) is 20.1 Å². The molecule has 0 aliphatic heterocycles. The first-order valence-corrected chi connectivity index (χ1v) is 9.73. The van der Waals surface area contributed by atoms with Gasteiger partial charge in [0.15, 0.2) is 0 Å². The van der Waals surface area contributed by atoms with Gasteiger partial charge < -0.3 is 20.2 Å². The normalized spacial score (nSPS) is 12.4. The Hall–Kier alpha value is -2.69. The predicted octanol–water partition coefficient (Wildman–Crippen LogP) is 5.55. The second-order valence-electron chi connectivity index (χ2n) is 6.42. The average molecular weight is 627 g/mol. The van der Waals surface area contributed by atoms with Crippen molar-refractivity contribution in [3.05, 3.63) is 107 Å². The number of benzene rings is 2. The van der Waals surface area contributed by atoms with Crippen molar-refractivity contribution in [3.63, 3.8) is 0 Å². The van der Waals surface area contributed by atoms with Crippen molar-refractivity contribution in [2.45, 2.75) is 27.6 Å². The summed E-state index contributed by atoms with van der Waals surface area (Å²) < 4.78 is 43.6. The van der Waals surface area contributed by atoms with Crippen molar-refractivity contribution in [3.8, 4) is 22.5 Å². The van der Waals surface area contributed by atoms with E-state index in [1.165, 1.54) is 12.4 Å². The van der Waals surface area contributed by atoms with Gasteiger partial charge in [-0.1, -0.05) is 38.1 Å². The molecule has 1 radical (unpaired) electrons. The Morgan fingerprint density at radius 1 is 0.606 bits per heavy atom. The maximum absolute atomic E-state index is 7.26. The van der Waals surface area contributed by atoms with Gasteiger partial charge in [0.05, 0.1) is 0 Å². The fourth-order valence-corrected chi connectivity index (χ4v) is 2.43. The summed E-state index contributed by atoms with van der Waals surface area (Å²) in [5.41, 5.74) is 5.99. The van der Waals surface area contributed by atoms with E-state index in [1.54, 1.807) is 24.3 Å². The van der Waals surface area contributed by atoms with Gasteiger partial charge in [0.1, 0.15) is 0 Å². The molecule has 0 saturated heterocycles. The third kappa shape index (κ3) is 10.6. The number of nitrogens with zero attached hydrogens (tertiary/aromatic N) is 2. The van der Waals surface area contributed by atoms with Crippen LogP contribution < -0.4 is 0 Å². The second kappa shape index (κ2) is 16.9. The predicted molar refractivity (Wildman–Crippen MR) is 132 cm³/mol. The third-order valence-electron chi connectivity index (χ3n) is 4.02. The molecule has 177 valence electrons. The molecule has 4 rings (SSSR count). The van der Waals surface area contributed by atoms with Crippen molar-refractivity contribution < 1.29 is 38.5 Å². The van der Waals surface area contributed by atoms with Crippen LogP contribution in [0.1, 0.15) is 30.5 Å². The number of aliphatic hydroxyl groups excluding tert-OH is 2. The van der Waals surface area contributed by atoms with E-state index in [2.05, 4.69) is 22.1 Å². The Balaban J connectivity index is 0.000000642. The number of hydrogen-bond donors (Lipinski definition) is 2. The van der Waals surface area contributed by atoms with E-state index >= 15 is 0 Å². The van der Waals surface area contributed by atoms with E-state index in [0.717, 1.165) is 47.9 Å². The van der Waals surface area contributed by atoms with Crippen molar-refractivity contribution in [2.24, 2.45) is 0 Å². The number of rotatable bonds is 2. The first-order valence-electron chi connectivity index (χ1n) is 12.7. The van der Waals surface area contributed by atoms with Gasteiger partial charge in [0, 0.05) is 54.9 Å². The SMILES string of the molecule is CO.CO.[2H]C([2H])([2H])c1ccc(-c2[c-]cc(C)cc2)nc1.[2H]C([2H])([2H])c1ccc(-c2[c-]cc(C)cc2)nc1.[Ir]. The smallest absolute Gasteiger partial charge is 0.0319 e. The summed E-state index contributed by atoms with van der Waals surface area (Å²) >= 11 is 0. The number of aliphatic hydroxyl groups is 2. The van der Waals surface area contributed by atoms with Crippen molar-refractivity contribution in [2.75, 3.05) is 14.2 Å². The van der Waals surface area contributed by atoms with E-state index in [-0.39, 0.29) is 31.2 Å². The molecule has 2 aromatic carbocycles. The molecule has 4 aromatic rings. The molecule has 2 heterocycles. The molecule has 0 atom stereocenters. The largest absolute Gasteiger partial charge is 0.400 e. The molecule has 5 heteroatoms. The van der Waals surface area contributed by atoms with Crippen molar-refractivity contribution in [1.82, 2.24) is 9.97 Å². The number of aromatic nitrogens is 2. The van der Waals surface area contributed by atoms with Crippen molar-refractivity contribution in [1.29, 1.82) is 0 Å². The van der Waals surface area contributed by atoms with Crippen LogP contribution in [0.25, 0.3) is 22.5 Å². The van der Waals surface area contributed by atoms with Crippen molar-refractivity contribution >= 4 is 0 Å². The van der Waals surface area contributed by atoms with Crippen LogP contribution in [0.15, 0.2) is 73.1 Å². The molecule has 0 unspecified atom stereocenters. The monoisotopic (exact) mass is 627 g/mol. The Bertz CT molecular complexity index is 1110. The molecule has 2 N–H and O–H groups in total. The van der Waals surface area contributed by atoms with E-state index in [0.29, 0.717) is 0 Å². The molecule has 0 saturated carbocycles. The molecular formula is C28H32IrN2O2-2. The van der Waals surface area contributed by atoms with Crippen LogP contribution in [-0.4, -0.2) is 34.4 Å². The molecule has 33 heavy (non-hydrogen) atoms. The molecule has 0 aliphatic carbocycles. The van der Waals surface area contributed by atoms with E-state index in [1.807, 2.05) is 50.2 Å². The van der Waals surface area contributed by atoms with Crippen LogP contribution in [0.5, 0.6) is 0 Å². The summed E-state index contributed by atoms with van der Waals surface area (Å²) in [6, 6.07) is 24.4. The van der Waals surface area contributed by atoms with Crippen LogP contribution in [0.2, 0.25) is 0 Å². The van der Waals surface area contributed by atoms with Gasteiger partial charge in [-0.05, 0) is 36.2 Å². The van der Waals surface area contributed by atoms with E-state index < -0.39 is 13.7 Å². The molecule has 0 bridgehead atoms. The summed E-state index contributed by atoms with van der Waals surface area (Å²) in [6.45, 7) is -0.206. The quantitative estimate of drug-likeness (QED) is 0.287. The minimum Gasteiger partial charge on any atom is -0.400 e. The Labute approximate surface area is 220 Å². The summed E-state index contributed by atoms with van der Waals surface area (Å²) in [5, 5.41) is 14.0. The summed E-state index contributed by atoms with van der Waals surface area (Å²) in [4.78, 5) is 8.31. The molecule has 0 fully saturated rings. The molecular weight excluding hydrogens is 589 g/mol. The second-order valence-corrected chi connectivity index (χ2v) is 6.42. The first kappa shape index (κ1) is 20.9. The summed E-state index contributed by atoms with van der Waals surface area (Å²) in [5.74, 6) is 0. The molecule has 2 aromatic heterocycles. The van der Waals surface area contributed by atoms with Gasteiger partial charge in [-0.25, -0.2) is 0 Å². The van der Waals surface area contributed by atoms with Crippen LogP contribution in [0.4, 0.5) is 0 Å². The van der Waals surface area contributed by atoms with Gasteiger partial charge in [0.25, 0.3) is 0 Å². The third-order valence-corrected chi connectivity index (χ3v) is 4.02. The standard InChI is InChI=1S/2C13H12N.2CH4O.Ir/c2*1-10-3-6-12(7-4-10)13-8-5-11(2)9-14-13;2*1-2;/h2*3-6,8-9H,1-2H3;2*2H,1H3;/q2*-1;;;/i2*2D3;;;. The number of aryl methyl sites for hydroxylation is 4. The minimum atomic E-state index is -2.09. The first-order chi connectivity index (χ1) is 17.9. The number of pyridine rings is 2. The minimum absolute atomic E-state index is 0. The molecule has 4 nitrogen and oxygen atoms in total. The zero-order chi connectivity index (χ0) is 28.9. The molecule has 0 aliphatic rings. The van der Waals surface area contributed by atoms with Crippen LogP contribution >= 0.6 is 0 Å². The topological polar surface area (TPSA) is 66.2 Å². The zero-order valence-electron chi connectivity index (χ0n) is 25.1. The van der Waals surface area contributed by atoms with Gasteiger partial charge in [-0.2, -0.15) is 0 Å². The fourth-order valence-electron chi connectivity index (χ4n) is 2.43. The van der Waals surface area contributed by atoms with Gasteiger partial charge in [-0.3, -0.25) is 0 Å². The summed E-state index contributed by atoms with van der Waals surface area (Å²) in [6.07, 6.45) is 2.80. The Morgan fingerprint density at radius 2 is 0.970 bits per heavy atom. The van der Waals surface area contributed by atoms with E-state index in [4.69, 9.17) is 18.4 Å². The Kier molecular flexibility index (Phi) is 10.7. The van der Waals surface area contributed by atoms with Gasteiger partial charge in [0.2, 0.25) is 0 Å². The fraction of sp³-hybridized carbons (Fsp3) is 0.214. The Morgan fingerprint density at radius 3 is 1.21 bits per heavy atom. The van der Waals surface area contributed by atoms with Gasteiger partial charge >= 0.3 is 0 Å². The maximum Gasteiger partial charge on any atom is 0.0319 e. The average Bonchev–Trinajstić information content (AvgIpc) is 2.91. The molecule has 0 spiro atoms.